The van der Waals surface area contributed by atoms with Crippen LogP contribution in [0.2, 0.25) is 0 Å². The number of nitrogens with one attached hydrogen (secondary N) is 2. The number of hydrogen-bond donors (Lipinski definition) is 2. The third-order valence-electron chi connectivity index (χ3n) is 2.67. The Morgan fingerprint density at radius 2 is 2.25 bits per heavy atom. The van der Waals surface area contributed by atoms with Crippen LogP contribution in [0.25, 0.3) is 0 Å². The smallest absolute Gasteiger partial charge is 0.422 e. The molecule has 0 spiro atoms. The van der Waals surface area contributed by atoms with Crippen LogP contribution in [0.4, 0.5) is 13.2 Å². The average molecular weight is 287 g/mol. The molecular formula is C13H16F3N3O. The van der Waals surface area contributed by atoms with E-state index in [4.69, 9.17) is 4.74 Å². The van der Waals surface area contributed by atoms with Crippen molar-refractivity contribution in [3.05, 3.63) is 29.8 Å². The minimum atomic E-state index is -4.33. The molecule has 1 heterocycles. The maximum absolute atomic E-state index is 12.1. The van der Waals surface area contributed by atoms with E-state index in [2.05, 4.69) is 15.6 Å². The van der Waals surface area contributed by atoms with Gasteiger partial charge in [0.15, 0.2) is 12.6 Å². The van der Waals surface area contributed by atoms with Crippen molar-refractivity contribution in [2.24, 2.45) is 4.99 Å². The normalized spacial score (nSPS) is 18.4. The molecule has 0 fully saturated rings. The van der Waals surface area contributed by atoms with Gasteiger partial charge in [-0.15, -0.1) is 0 Å². The van der Waals surface area contributed by atoms with Gasteiger partial charge in [0.05, 0.1) is 6.54 Å². The summed E-state index contributed by atoms with van der Waals surface area (Å²) in [6.07, 6.45) is -4.33. The number of aliphatic imine (C=N–C) groups is 1. The van der Waals surface area contributed by atoms with Crippen molar-refractivity contribution in [2.45, 2.75) is 25.7 Å². The molecule has 0 bridgehead atoms. The Bertz CT molecular complexity index is 488. The van der Waals surface area contributed by atoms with Crippen LogP contribution in [0, 0.1) is 0 Å². The zero-order valence-corrected chi connectivity index (χ0v) is 11.0. The van der Waals surface area contributed by atoms with Gasteiger partial charge in [-0.25, -0.2) is 0 Å². The van der Waals surface area contributed by atoms with Crippen LogP contribution < -0.4 is 15.4 Å². The first-order chi connectivity index (χ1) is 9.42. The van der Waals surface area contributed by atoms with Gasteiger partial charge >= 0.3 is 6.18 Å². The van der Waals surface area contributed by atoms with E-state index in [1.807, 2.05) is 13.0 Å². The average Bonchev–Trinajstić information content (AvgIpc) is 2.80. The highest BCUT2D eigenvalue weighted by Gasteiger charge is 2.28. The van der Waals surface area contributed by atoms with Gasteiger partial charge in [-0.05, 0) is 24.6 Å². The molecule has 1 aromatic rings. The summed E-state index contributed by atoms with van der Waals surface area (Å²) in [4.78, 5) is 4.24. The third-order valence-corrected chi connectivity index (χ3v) is 2.67. The number of nitrogens with zero attached hydrogens (tertiary/aromatic N) is 1. The first-order valence-corrected chi connectivity index (χ1v) is 6.26. The molecule has 1 aliphatic heterocycles. The number of hydrogen-bond acceptors (Lipinski definition) is 4. The van der Waals surface area contributed by atoms with Gasteiger partial charge in [0.2, 0.25) is 0 Å². The van der Waals surface area contributed by atoms with E-state index in [-0.39, 0.29) is 5.75 Å². The van der Waals surface area contributed by atoms with E-state index < -0.39 is 12.8 Å². The predicted molar refractivity (Wildman–Crippen MR) is 69.7 cm³/mol. The van der Waals surface area contributed by atoms with Crippen LogP contribution in [-0.2, 0) is 6.54 Å². The second kappa shape index (κ2) is 6.02. The fraction of sp³-hybridized carbons (Fsp3) is 0.462. The molecule has 1 unspecified atom stereocenters. The van der Waals surface area contributed by atoms with Crippen LogP contribution in [0.3, 0.4) is 0 Å². The molecule has 0 aliphatic carbocycles. The van der Waals surface area contributed by atoms with Gasteiger partial charge in [0.25, 0.3) is 0 Å². The van der Waals surface area contributed by atoms with Gasteiger partial charge in [-0.3, -0.25) is 4.99 Å². The zero-order chi connectivity index (χ0) is 14.6. The highest BCUT2D eigenvalue weighted by molar-refractivity contribution is 5.81. The summed E-state index contributed by atoms with van der Waals surface area (Å²) in [7, 11) is 0. The molecule has 1 aromatic carbocycles. The molecule has 0 radical (unpaired) electrons. The molecule has 2 rings (SSSR count). The van der Waals surface area contributed by atoms with Crippen molar-refractivity contribution < 1.29 is 17.9 Å². The largest absolute Gasteiger partial charge is 0.484 e. The molecule has 110 valence electrons. The van der Waals surface area contributed by atoms with Crippen LogP contribution in [0.5, 0.6) is 5.75 Å². The first-order valence-electron chi connectivity index (χ1n) is 6.26. The van der Waals surface area contributed by atoms with Gasteiger partial charge in [-0.1, -0.05) is 12.1 Å². The van der Waals surface area contributed by atoms with Gasteiger partial charge in [0, 0.05) is 12.6 Å². The maximum atomic E-state index is 12.1. The molecule has 0 amide bonds. The minimum absolute atomic E-state index is 0.205. The van der Waals surface area contributed by atoms with Crippen molar-refractivity contribution in [1.82, 2.24) is 10.6 Å². The number of guanidine groups is 1. The first kappa shape index (κ1) is 14.5. The molecular weight excluding hydrogens is 271 g/mol. The van der Waals surface area contributed by atoms with Crippen molar-refractivity contribution in [2.75, 3.05) is 13.2 Å². The standard InChI is InChI=1S/C13H16F3N3O/c1-9-6-17-12(19-9)18-7-10-3-2-4-11(5-10)20-8-13(14,15)16/h2-5,9H,6-8H2,1H3,(H2,17,18,19). The molecule has 4 nitrogen and oxygen atoms in total. The van der Waals surface area contributed by atoms with Crippen molar-refractivity contribution in [3.63, 3.8) is 0 Å². The second-order valence-corrected chi connectivity index (χ2v) is 4.64. The lowest BCUT2D eigenvalue weighted by molar-refractivity contribution is -0.153. The summed E-state index contributed by atoms with van der Waals surface area (Å²) < 4.78 is 40.9. The summed E-state index contributed by atoms with van der Waals surface area (Å²) in [6.45, 7) is 1.93. The molecule has 7 heteroatoms. The summed E-state index contributed by atoms with van der Waals surface area (Å²) in [6, 6.07) is 6.86. The zero-order valence-electron chi connectivity index (χ0n) is 11.0. The molecule has 20 heavy (non-hydrogen) atoms. The van der Waals surface area contributed by atoms with E-state index in [0.29, 0.717) is 18.5 Å². The maximum Gasteiger partial charge on any atom is 0.422 e. The van der Waals surface area contributed by atoms with Crippen LogP contribution in [0.1, 0.15) is 12.5 Å². The number of benzene rings is 1. The highest BCUT2D eigenvalue weighted by Crippen LogP contribution is 2.19. The predicted octanol–water partition coefficient (Wildman–Crippen LogP) is 2.06. The fourth-order valence-corrected chi connectivity index (χ4v) is 1.76. The molecule has 2 N–H and O–H groups in total. The summed E-state index contributed by atoms with van der Waals surface area (Å²) >= 11 is 0. The van der Waals surface area contributed by atoms with Gasteiger partial charge in [-0.2, -0.15) is 13.2 Å². The van der Waals surface area contributed by atoms with Crippen LogP contribution in [0.15, 0.2) is 29.3 Å². The lowest BCUT2D eigenvalue weighted by atomic mass is 10.2. The Hall–Kier alpha value is -1.92. The van der Waals surface area contributed by atoms with E-state index in [9.17, 15) is 13.2 Å². The van der Waals surface area contributed by atoms with E-state index in [0.717, 1.165) is 12.1 Å². The van der Waals surface area contributed by atoms with Gasteiger partial charge < -0.3 is 15.4 Å². The molecule has 0 saturated carbocycles. The Morgan fingerprint density at radius 1 is 1.45 bits per heavy atom. The molecule has 0 saturated heterocycles. The van der Waals surface area contributed by atoms with E-state index in [1.54, 1.807) is 12.1 Å². The SMILES string of the molecule is CC1CN=C(NCc2cccc(OCC(F)(F)F)c2)N1. The van der Waals surface area contributed by atoms with Crippen LogP contribution in [-0.4, -0.2) is 31.3 Å². The molecule has 1 aliphatic rings. The highest BCUT2D eigenvalue weighted by atomic mass is 19.4. The van der Waals surface area contributed by atoms with Crippen molar-refractivity contribution >= 4 is 5.96 Å². The van der Waals surface area contributed by atoms with Crippen LogP contribution >= 0.6 is 0 Å². The topological polar surface area (TPSA) is 45.7 Å². The third kappa shape index (κ3) is 4.64. The summed E-state index contributed by atoms with van der Waals surface area (Å²) in [5, 5.41) is 6.23. The lowest BCUT2D eigenvalue weighted by Crippen LogP contribution is -2.37. The van der Waals surface area contributed by atoms with E-state index in [1.165, 1.54) is 6.07 Å². The fourth-order valence-electron chi connectivity index (χ4n) is 1.76. The minimum Gasteiger partial charge on any atom is -0.484 e. The second-order valence-electron chi connectivity index (χ2n) is 4.64. The van der Waals surface area contributed by atoms with Crippen molar-refractivity contribution in [3.8, 4) is 5.75 Å². The summed E-state index contributed by atoms with van der Waals surface area (Å²) in [5.41, 5.74) is 0.828. The van der Waals surface area contributed by atoms with Crippen molar-refractivity contribution in [1.29, 1.82) is 0 Å². The van der Waals surface area contributed by atoms with E-state index >= 15 is 0 Å². The number of rotatable bonds is 4. The molecule has 0 aromatic heterocycles. The Labute approximate surface area is 115 Å². The molecule has 1 atom stereocenters. The monoisotopic (exact) mass is 287 g/mol. The Morgan fingerprint density at radius 3 is 2.90 bits per heavy atom. The number of halogens is 3. The van der Waals surface area contributed by atoms with Gasteiger partial charge in [0.1, 0.15) is 5.75 Å². The quantitative estimate of drug-likeness (QED) is 0.891. The number of alkyl halides is 3. The lowest BCUT2D eigenvalue weighted by Gasteiger charge is -2.11. The Balaban J connectivity index is 1.86. The number of ether oxygens (including phenoxy) is 1. The summed E-state index contributed by atoms with van der Waals surface area (Å²) in [5.74, 6) is 0.912. The Kier molecular flexibility index (Phi) is 4.36.